The van der Waals surface area contributed by atoms with Gasteiger partial charge < -0.3 is 45.1 Å². The van der Waals surface area contributed by atoms with Gasteiger partial charge in [-0.15, -0.1) is 0 Å². The number of aliphatic hydroxyl groups is 5. The van der Waals surface area contributed by atoms with Crippen LogP contribution in [-0.2, 0) is 23.8 Å². The lowest BCUT2D eigenvalue weighted by Gasteiger charge is -2.40. The maximum atomic E-state index is 13.0. The lowest BCUT2D eigenvalue weighted by molar-refractivity contribution is -0.302. The maximum Gasteiger partial charge on any atom is 0.305 e. The Hall–Kier alpha value is -3.16. The predicted octanol–water partition coefficient (Wildman–Crippen LogP) is 12.6. The molecule has 0 spiro atoms. The number of carbonyl (C=O) groups is 2. The maximum absolute atomic E-state index is 13.0. The van der Waals surface area contributed by atoms with Crippen LogP contribution >= 0.6 is 0 Å². The molecule has 7 atom stereocenters. The molecular weight excluding hydrogens is 895 g/mol. The van der Waals surface area contributed by atoms with E-state index in [1.54, 1.807) is 6.08 Å². The summed E-state index contributed by atoms with van der Waals surface area (Å²) in [5, 5.41) is 54.2. The summed E-state index contributed by atoms with van der Waals surface area (Å²) < 4.78 is 16.6. The van der Waals surface area contributed by atoms with Gasteiger partial charge in [0.2, 0.25) is 5.91 Å². The van der Waals surface area contributed by atoms with Crippen molar-refractivity contribution in [1.29, 1.82) is 0 Å². The van der Waals surface area contributed by atoms with E-state index < -0.39 is 49.5 Å². The van der Waals surface area contributed by atoms with E-state index >= 15 is 0 Å². The van der Waals surface area contributed by atoms with Crippen LogP contribution in [0.15, 0.2) is 85.1 Å². The fourth-order valence-electron chi connectivity index (χ4n) is 8.08. The Morgan fingerprint density at radius 3 is 1.48 bits per heavy atom. The van der Waals surface area contributed by atoms with Crippen molar-refractivity contribution >= 4 is 11.9 Å². The average Bonchev–Trinajstić information content (AvgIpc) is 3.37. The van der Waals surface area contributed by atoms with Gasteiger partial charge in [-0.25, -0.2) is 0 Å². The van der Waals surface area contributed by atoms with Crippen molar-refractivity contribution in [1.82, 2.24) is 5.32 Å². The van der Waals surface area contributed by atoms with Crippen LogP contribution in [0.5, 0.6) is 0 Å². The molecule has 0 aromatic carbocycles. The van der Waals surface area contributed by atoms with E-state index in [2.05, 4.69) is 92.1 Å². The number of esters is 1. The van der Waals surface area contributed by atoms with Gasteiger partial charge >= 0.3 is 5.97 Å². The first-order chi connectivity index (χ1) is 34.7. The highest BCUT2D eigenvalue weighted by Gasteiger charge is 2.44. The molecule has 1 saturated heterocycles. The van der Waals surface area contributed by atoms with Crippen molar-refractivity contribution in [2.45, 2.75) is 262 Å². The van der Waals surface area contributed by atoms with Gasteiger partial charge in [0.05, 0.1) is 32.0 Å². The quantitative estimate of drug-likeness (QED) is 0.0196. The monoisotopic (exact) mass is 998 g/mol. The van der Waals surface area contributed by atoms with E-state index in [0.29, 0.717) is 25.9 Å². The van der Waals surface area contributed by atoms with Crippen molar-refractivity contribution < 1.29 is 49.3 Å². The van der Waals surface area contributed by atoms with Gasteiger partial charge in [-0.05, 0) is 116 Å². The Morgan fingerprint density at radius 1 is 0.521 bits per heavy atom. The molecule has 6 N–H and O–H groups in total. The van der Waals surface area contributed by atoms with Crippen LogP contribution < -0.4 is 5.32 Å². The van der Waals surface area contributed by atoms with Crippen LogP contribution in [0.4, 0.5) is 0 Å². The molecule has 71 heavy (non-hydrogen) atoms. The van der Waals surface area contributed by atoms with Crippen molar-refractivity contribution in [2.24, 2.45) is 0 Å². The standard InChI is InChI=1S/C60H103NO10/c1-3-5-7-9-11-13-15-17-24-28-32-36-40-44-48-56(65)69-49-45-41-37-33-29-25-22-20-18-19-21-23-27-31-35-39-43-47-55(64)61-52(51-70-60-59(68)58(67)57(66)54(50-62)71-60)53(63)46-42-38-34-30-26-16-14-12-10-8-6-4-2/h9-12,15,17-18,20,25-26,29-30,42,46,52-54,57-60,62-63,66-68H,3-8,13-14,16,19,21-24,27-28,31-41,43-45,47-51H2,1-2H3,(H,61,64)/b11-9-,12-10+,17-15-,20-18-,29-25-,30-26+,46-42+. The highest BCUT2D eigenvalue weighted by atomic mass is 16.7. The number of unbranched alkanes of at least 4 members (excludes halogenated alkanes) is 21. The first-order valence-corrected chi connectivity index (χ1v) is 28.4. The summed E-state index contributed by atoms with van der Waals surface area (Å²) >= 11 is 0. The second-order valence-corrected chi connectivity index (χ2v) is 19.3. The number of aliphatic hydroxyl groups excluding tert-OH is 5. The van der Waals surface area contributed by atoms with Gasteiger partial charge in [-0.3, -0.25) is 9.59 Å². The Kier molecular flexibility index (Phi) is 45.5. The second kappa shape index (κ2) is 49.1. The first kappa shape index (κ1) is 65.9. The fraction of sp³-hybridized carbons (Fsp3) is 0.733. The number of nitrogens with one attached hydrogen (secondary N) is 1. The third-order valence-electron chi connectivity index (χ3n) is 12.7. The Bertz CT molecular complexity index is 1450. The zero-order valence-electron chi connectivity index (χ0n) is 44.7. The molecule has 11 heteroatoms. The molecule has 1 heterocycles. The number of hydrogen-bond acceptors (Lipinski definition) is 10. The number of carbonyl (C=O) groups excluding carboxylic acids is 2. The average molecular weight is 998 g/mol. The van der Waals surface area contributed by atoms with Crippen molar-refractivity contribution in [3.63, 3.8) is 0 Å². The molecule has 1 fully saturated rings. The smallest absolute Gasteiger partial charge is 0.305 e. The Balaban J connectivity index is 2.15. The van der Waals surface area contributed by atoms with Crippen molar-refractivity contribution in [3.05, 3.63) is 85.1 Å². The molecule has 1 aliphatic heterocycles. The lowest BCUT2D eigenvalue weighted by atomic mass is 9.99. The van der Waals surface area contributed by atoms with Crippen LogP contribution in [0.1, 0.15) is 219 Å². The molecule has 1 rings (SSSR count). The molecular formula is C60H103NO10. The molecule has 1 amide bonds. The summed E-state index contributed by atoms with van der Waals surface area (Å²) in [5.74, 6) is -0.266. The summed E-state index contributed by atoms with van der Waals surface area (Å²) in [6.45, 7) is 4.14. The number of rotatable bonds is 47. The normalized spacial score (nSPS) is 19.8. The summed E-state index contributed by atoms with van der Waals surface area (Å²) in [4.78, 5) is 25.0. The number of amides is 1. The summed E-state index contributed by atoms with van der Waals surface area (Å²) in [5.41, 5.74) is 0. The summed E-state index contributed by atoms with van der Waals surface area (Å²) in [6, 6.07) is -0.849. The van der Waals surface area contributed by atoms with E-state index in [4.69, 9.17) is 14.2 Å². The summed E-state index contributed by atoms with van der Waals surface area (Å²) in [6.07, 6.45) is 55.2. The minimum atomic E-state index is -1.59. The highest BCUT2D eigenvalue weighted by molar-refractivity contribution is 5.76. The largest absolute Gasteiger partial charge is 0.466 e. The number of hydrogen-bond donors (Lipinski definition) is 6. The van der Waals surface area contributed by atoms with E-state index in [1.165, 1.54) is 64.2 Å². The number of ether oxygens (including phenoxy) is 3. The third kappa shape index (κ3) is 39.0. The third-order valence-corrected chi connectivity index (χ3v) is 12.7. The van der Waals surface area contributed by atoms with Gasteiger partial charge in [0.15, 0.2) is 6.29 Å². The van der Waals surface area contributed by atoms with E-state index in [9.17, 15) is 35.1 Å². The molecule has 0 aromatic rings. The summed E-state index contributed by atoms with van der Waals surface area (Å²) in [7, 11) is 0. The minimum Gasteiger partial charge on any atom is -0.466 e. The van der Waals surface area contributed by atoms with Crippen molar-refractivity contribution in [2.75, 3.05) is 19.8 Å². The topological polar surface area (TPSA) is 175 Å². The second-order valence-electron chi connectivity index (χ2n) is 19.3. The van der Waals surface area contributed by atoms with Crippen LogP contribution in [0.3, 0.4) is 0 Å². The number of allylic oxidation sites excluding steroid dienone is 13. The molecule has 0 bridgehead atoms. The Morgan fingerprint density at radius 2 is 0.958 bits per heavy atom. The highest BCUT2D eigenvalue weighted by Crippen LogP contribution is 2.22. The first-order valence-electron chi connectivity index (χ1n) is 28.4. The molecule has 0 radical (unpaired) electrons. The lowest BCUT2D eigenvalue weighted by Crippen LogP contribution is -2.60. The van der Waals surface area contributed by atoms with E-state index in [-0.39, 0.29) is 18.5 Å². The van der Waals surface area contributed by atoms with Crippen LogP contribution in [-0.4, -0.2) is 100 Å². The minimum absolute atomic E-state index is 0.0497. The molecule has 11 nitrogen and oxygen atoms in total. The zero-order valence-corrected chi connectivity index (χ0v) is 44.7. The van der Waals surface area contributed by atoms with Crippen LogP contribution in [0.2, 0.25) is 0 Å². The SMILES string of the molecule is CCCC/C=C\C/C=C\CCCCCCCC(=O)OCCCCC/C=C\C/C=C\CCCCCCCCCC(=O)NC(COC1OC(CO)C(O)C(O)C1O)C(O)/C=C/CC/C=C/CC/C=C/CCCC. The molecule has 0 aromatic heterocycles. The van der Waals surface area contributed by atoms with Gasteiger partial charge in [-0.2, -0.15) is 0 Å². The fourth-order valence-corrected chi connectivity index (χ4v) is 8.08. The van der Waals surface area contributed by atoms with Crippen LogP contribution in [0.25, 0.3) is 0 Å². The van der Waals surface area contributed by atoms with E-state index in [0.717, 1.165) is 122 Å². The predicted molar refractivity (Wildman–Crippen MR) is 292 cm³/mol. The zero-order chi connectivity index (χ0) is 51.7. The van der Waals surface area contributed by atoms with Gasteiger partial charge in [0.1, 0.15) is 24.4 Å². The van der Waals surface area contributed by atoms with Gasteiger partial charge in [0.25, 0.3) is 0 Å². The van der Waals surface area contributed by atoms with Crippen LogP contribution in [0, 0.1) is 0 Å². The van der Waals surface area contributed by atoms with E-state index in [1.807, 2.05) is 6.08 Å². The molecule has 7 unspecified atom stereocenters. The van der Waals surface area contributed by atoms with Gasteiger partial charge in [-0.1, -0.05) is 176 Å². The molecule has 0 saturated carbocycles. The Labute approximate surface area is 432 Å². The molecule has 0 aliphatic carbocycles. The van der Waals surface area contributed by atoms with Gasteiger partial charge in [0, 0.05) is 12.8 Å². The molecule has 1 aliphatic rings. The van der Waals surface area contributed by atoms with Crippen molar-refractivity contribution in [3.8, 4) is 0 Å². The molecule has 408 valence electrons.